The molecule has 2 aliphatic rings. The summed E-state index contributed by atoms with van der Waals surface area (Å²) < 4.78 is 0. The molecule has 3 nitrogen and oxygen atoms in total. The maximum atomic E-state index is 11.7. The number of nitrogens with zero attached hydrogens (tertiary/aromatic N) is 1. The molecule has 2 fully saturated rings. The quantitative estimate of drug-likeness (QED) is 0.840. The Morgan fingerprint density at radius 2 is 1.78 bits per heavy atom. The van der Waals surface area contributed by atoms with Gasteiger partial charge in [0.15, 0.2) is 0 Å². The second kappa shape index (κ2) is 6.55. The predicted molar refractivity (Wildman–Crippen MR) is 72.6 cm³/mol. The third-order valence-electron chi connectivity index (χ3n) is 4.71. The van der Waals surface area contributed by atoms with Crippen molar-refractivity contribution in [2.75, 3.05) is 13.1 Å². The summed E-state index contributed by atoms with van der Waals surface area (Å²) in [5.41, 5.74) is 0. The number of carboxylic acid groups (broad SMARTS) is 1. The van der Waals surface area contributed by atoms with Crippen LogP contribution in [0, 0.1) is 11.8 Å². The first kappa shape index (κ1) is 13.9. The molecule has 0 radical (unpaired) electrons. The normalized spacial score (nSPS) is 32.7. The molecular weight excluding hydrogens is 226 g/mol. The second-order valence-corrected chi connectivity index (χ2v) is 6.27. The lowest BCUT2D eigenvalue weighted by Crippen LogP contribution is -2.47. The van der Waals surface area contributed by atoms with Crippen LogP contribution in [0.1, 0.15) is 58.3 Å². The van der Waals surface area contributed by atoms with E-state index in [9.17, 15) is 9.90 Å². The number of carboxylic acids is 1. The Bertz CT molecular complexity index is 270. The van der Waals surface area contributed by atoms with Gasteiger partial charge in [0.2, 0.25) is 0 Å². The number of likely N-dealkylation sites (tertiary alicyclic amines) is 1. The summed E-state index contributed by atoms with van der Waals surface area (Å²) in [6, 6.07) is -0.217. The summed E-state index contributed by atoms with van der Waals surface area (Å²) >= 11 is 0. The first-order chi connectivity index (χ1) is 8.68. The van der Waals surface area contributed by atoms with E-state index in [1.54, 1.807) is 0 Å². The van der Waals surface area contributed by atoms with Gasteiger partial charge in [-0.2, -0.15) is 0 Å². The van der Waals surface area contributed by atoms with Crippen LogP contribution in [0.5, 0.6) is 0 Å². The summed E-state index contributed by atoms with van der Waals surface area (Å²) in [5, 5.41) is 9.61. The Balaban J connectivity index is 2.03. The molecule has 18 heavy (non-hydrogen) atoms. The van der Waals surface area contributed by atoms with Crippen LogP contribution in [-0.4, -0.2) is 35.1 Å². The van der Waals surface area contributed by atoms with E-state index in [0.717, 1.165) is 25.9 Å². The molecule has 1 aliphatic heterocycles. The summed E-state index contributed by atoms with van der Waals surface area (Å²) in [5.74, 6) is 0.498. The smallest absolute Gasteiger partial charge is 0.321 e. The highest BCUT2D eigenvalue weighted by molar-refractivity contribution is 5.74. The van der Waals surface area contributed by atoms with Gasteiger partial charge >= 0.3 is 5.97 Å². The molecule has 1 heterocycles. The lowest BCUT2D eigenvalue weighted by atomic mass is 9.78. The van der Waals surface area contributed by atoms with Gasteiger partial charge in [0, 0.05) is 0 Å². The first-order valence-electron chi connectivity index (χ1n) is 7.65. The number of hydrogen-bond acceptors (Lipinski definition) is 2. The fourth-order valence-corrected chi connectivity index (χ4v) is 3.80. The van der Waals surface area contributed by atoms with Crippen LogP contribution in [-0.2, 0) is 4.79 Å². The highest BCUT2D eigenvalue weighted by Gasteiger charge is 2.35. The zero-order chi connectivity index (χ0) is 13.0. The summed E-state index contributed by atoms with van der Waals surface area (Å²) in [6.07, 6.45) is 9.59. The van der Waals surface area contributed by atoms with Gasteiger partial charge in [-0.05, 0) is 50.6 Å². The Labute approximate surface area is 111 Å². The average Bonchev–Trinajstić information content (AvgIpc) is 2.58. The largest absolute Gasteiger partial charge is 0.480 e. The number of rotatable bonds is 3. The predicted octanol–water partition coefficient (Wildman–Crippen LogP) is 3.14. The molecule has 104 valence electrons. The summed E-state index contributed by atoms with van der Waals surface area (Å²) in [7, 11) is 0. The number of hydrogen-bond donors (Lipinski definition) is 1. The van der Waals surface area contributed by atoms with Crippen molar-refractivity contribution in [3.8, 4) is 0 Å². The van der Waals surface area contributed by atoms with Crippen LogP contribution in [0.15, 0.2) is 0 Å². The minimum atomic E-state index is -0.587. The van der Waals surface area contributed by atoms with E-state index in [4.69, 9.17) is 0 Å². The van der Waals surface area contributed by atoms with Crippen LogP contribution in [0.25, 0.3) is 0 Å². The SMILES string of the molecule is CC1CCCC(C(C(=O)O)N2CCCCCC2)C1. The van der Waals surface area contributed by atoms with Crippen LogP contribution in [0.4, 0.5) is 0 Å². The summed E-state index contributed by atoms with van der Waals surface area (Å²) in [6.45, 7) is 4.25. The topological polar surface area (TPSA) is 40.5 Å². The first-order valence-corrected chi connectivity index (χ1v) is 7.65. The van der Waals surface area contributed by atoms with Crippen molar-refractivity contribution in [2.45, 2.75) is 64.3 Å². The zero-order valence-electron chi connectivity index (χ0n) is 11.6. The molecule has 0 aromatic rings. The van der Waals surface area contributed by atoms with Gasteiger partial charge in [-0.25, -0.2) is 0 Å². The van der Waals surface area contributed by atoms with Gasteiger partial charge < -0.3 is 5.11 Å². The Morgan fingerprint density at radius 3 is 2.33 bits per heavy atom. The van der Waals surface area contributed by atoms with Crippen LogP contribution < -0.4 is 0 Å². The minimum absolute atomic E-state index is 0.217. The van der Waals surface area contributed by atoms with E-state index < -0.39 is 5.97 Å². The van der Waals surface area contributed by atoms with Gasteiger partial charge in [-0.1, -0.05) is 32.6 Å². The van der Waals surface area contributed by atoms with Crippen molar-refractivity contribution in [3.05, 3.63) is 0 Å². The monoisotopic (exact) mass is 253 g/mol. The fraction of sp³-hybridized carbons (Fsp3) is 0.933. The summed E-state index contributed by atoms with van der Waals surface area (Å²) in [4.78, 5) is 13.9. The molecule has 3 unspecified atom stereocenters. The minimum Gasteiger partial charge on any atom is -0.480 e. The van der Waals surface area contributed by atoms with Crippen LogP contribution >= 0.6 is 0 Å². The van der Waals surface area contributed by atoms with E-state index >= 15 is 0 Å². The van der Waals surface area contributed by atoms with Gasteiger partial charge in [-0.15, -0.1) is 0 Å². The number of aliphatic carboxylic acids is 1. The second-order valence-electron chi connectivity index (χ2n) is 6.27. The Hall–Kier alpha value is -0.570. The van der Waals surface area contributed by atoms with Crippen LogP contribution in [0.2, 0.25) is 0 Å². The van der Waals surface area contributed by atoms with Crippen molar-refractivity contribution in [1.29, 1.82) is 0 Å². The van der Waals surface area contributed by atoms with E-state index in [0.29, 0.717) is 11.8 Å². The van der Waals surface area contributed by atoms with Crippen molar-refractivity contribution in [1.82, 2.24) is 4.90 Å². The van der Waals surface area contributed by atoms with Crippen molar-refractivity contribution in [3.63, 3.8) is 0 Å². The molecule has 1 saturated carbocycles. The molecule has 3 heteroatoms. The lowest BCUT2D eigenvalue weighted by molar-refractivity contribution is -0.146. The van der Waals surface area contributed by atoms with Crippen molar-refractivity contribution >= 4 is 5.97 Å². The molecule has 3 atom stereocenters. The maximum absolute atomic E-state index is 11.7. The van der Waals surface area contributed by atoms with Gasteiger partial charge in [-0.3, -0.25) is 9.69 Å². The third kappa shape index (κ3) is 3.47. The van der Waals surface area contributed by atoms with E-state index in [2.05, 4.69) is 11.8 Å². The van der Waals surface area contributed by atoms with Gasteiger partial charge in [0.05, 0.1) is 0 Å². The van der Waals surface area contributed by atoms with E-state index in [1.165, 1.54) is 38.5 Å². The third-order valence-corrected chi connectivity index (χ3v) is 4.71. The molecular formula is C15H27NO2. The van der Waals surface area contributed by atoms with Crippen molar-refractivity contribution < 1.29 is 9.90 Å². The molecule has 0 bridgehead atoms. The number of carbonyl (C=O) groups is 1. The maximum Gasteiger partial charge on any atom is 0.321 e. The molecule has 1 saturated heterocycles. The highest BCUT2D eigenvalue weighted by Crippen LogP contribution is 2.33. The molecule has 1 aliphatic carbocycles. The van der Waals surface area contributed by atoms with Crippen LogP contribution in [0.3, 0.4) is 0 Å². The van der Waals surface area contributed by atoms with E-state index in [1.807, 2.05) is 0 Å². The molecule has 1 N–H and O–H groups in total. The highest BCUT2D eigenvalue weighted by atomic mass is 16.4. The fourth-order valence-electron chi connectivity index (χ4n) is 3.80. The Morgan fingerprint density at radius 1 is 1.11 bits per heavy atom. The molecule has 0 aromatic carbocycles. The van der Waals surface area contributed by atoms with Gasteiger partial charge in [0.25, 0.3) is 0 Å². The molecule has 2 rings (SSSR count). The lowest BCUT2D eigenvalue weighted by Gasteiger charge is -2.37. The molecule has 0 amide bonds. The van der Waals surface area contributed by atoms with Crippen molar-refractivity contribution in [2.24, 2.45) is 11.8 Å². The molecule has 0 aromatic heterocycles. The Kier molecular flexibility index (Phi) is 5.04. The average molecular weight is 253 g/mol. The standard InChI is InChI=1S/C15H27NO2/c1-12-7-6-8-13(11-12)14(15(17)18)16-9-4-2-3-5-10-16/h12-14H,2-11H2,1H3,(H,17,18). The molecule has 0 spiro atoms. The van der Waals surface area contributed by atoms with Gasteiger partial charge in [0.1, 0.15) is 6.04 Å². The zero-order valence-corrected chi connectivity index (χ0v) is 11.6. The van der Waals surface area contributed by atoms with E-state index in [-0.39, 0.29) is 6.04 Å².